The molecule has 2 amide bonds. The molecule has 6 nitrogen and oxygen atoms in total. The van der Waals surface area contributed by atoms with Gasteiger partial charge in [-0.3, -0.25) is 4.90 Å². The van der Waals surface area contributed by atoms with Gasteiger partial charge in [0.25, 0.3) is 0 Å². The highest BCUT2D eigenvalue weighted by molar-refractivity contribution is 5.80. The molecule has 0 aliphatic carbocycles. The minimum atomic E-state index is -0.0141. The summed E-state index contributed by atoms with van der Waals surface area (Å²) in [6, 6.07) is 10.4. The number of morpholine rings is 1. The van der Waals surface area contributed by atoms with Gasteiger partial charge in [0.2, 0.25) is 0 Å². The number of aromatic nitrogens is 1. The van der Waals surface area contributed by atoms with Gasteiger partial charge < -0.3 is 19.5 Å². The fourth-order valence-corrected chi connectivity index (χ4v) is 2.98. The van der Waals surface area contributed by atoms with Crippen molar-refractivity contribution in [3.8, 4) is 0 Å². The van der Waals surface area contributed by atoms with Crippen LogP contribution in [0.15, 0.2) is 36.5 Å². The van der Waals surface area contributed by atoms with Crippen LogP contribution >= 0.6 is 0 Å². The molecule has 130 valence electrons. The number of fused-ring (bicyclic) bond motifs is 1. The largest absolute Gasteiger partial charge is 0.379 e. The average Bonchev–Trinajstić information content (AvgIpc) is 3.03. The summed E-state index contributed by atoms with van der Waals surface area (Å²) in [5, 5.41) is 4.22. The molecule has 1 aromatic heterocycles. The fourth-order valence-electron chi connectivity index (χ4n) is 2.98. The summed E-state index contributed by atoms with van der Waals surface area (Å²) in [5.74, 6) is 0. The summed E-state index contributed by atoms with van der Waals surface area (Å²) in [4.78, 5) is 16.2. The second kappa shape index (κ2) is 8.17. The van der Waals surface area contributed by atoms with Gasteiger partial charge >= 0.3 is 6.03 Å². The minimum Gasteiger partial charge on any atom is -0.379 e. The second-order valence-electron chi connectivity index (χ2n) is 6.18. The molecule has 0 unspecified atom stereocenters. The zero-order valence-corrected chi connectivity index (χ0v) is 14.3. The first-order chi connectivity index (χ1) is 11.7. The maximum Gasteiger partial charge on any atom is 0.317 e. The van der Waals surface area contributed by atoms with Gasteiger partial charge in [-0.2, -0.15) is 0 Å². The lowest BCUT2D eigenvalue weighted by molar-refractivity contribution is 0.0386. The first-order valence-electron chi connectivity index (χ1n) is 8.57. The van der Waals surface area contributed by atoms with Gasteiger partial charge in [0.15, 0.2) is 0 Å². The summed E-state index contributed by atoms with van der Waals surface area (Å²) >= 11 is 0. The molecule has 1 N–H and O–H groups in total. The Morgan fingerprint density at radius 1 is 1.21 bits per heavy atom. The Hall–Kier alpha value is -2.05. The highest BCUT2D eigenvalue weighted by Gasteiger charge is 2.12. The second-order valence-corrected chi connectivity index (χ2v) is 6.18. The summed E-state index contributed by atoms with van der Waals surface area (Å²) in [5.41, 5.74) is 1.21. The van der Waals surface area contributed by atoms with E-state index in [0.29, 0.717) is 13.1 Å². The predicted octanol–water partition coefficient (Wildman–Crippen LogP) is 1.61. The number of nitrogens with zero attached hydrogens (tertiary/aromatic N) is 3. The number of amides is 2. The van der Waals surface area contributed by atoms with Crippen LogP contribution in [0.3, 0.4) is 0 Å². The van der Waals surface area contributed by atoms with E-state index >= 15 is 0 Å². The number of ether oxygens (including phenoxy) is 1. The third kappa shape index (κ3) is 4.27. The first kappa shape index (κ1) is 16.8. The van der Waals surface area contributed by atoms with E-state index in [1.807, 2.05) is 19.2 Å². The predicted molar refractivity (Wildman–Crippen MR) is 95.2 cm³/mol. The van der Waals surface area contributed by atoms with Crippen LogP contribution in [0.1, 0.15) is 0 Å². The molecule has 2 aromatic rings. The van der Waals surface area contributed by atoms with E-state index in [0.717, 1.165) is 39.4 Å². The molecule has 3 rings (SSSR count). The maximum absolute atomic E-state index is 12.2. The molecule has 1 saturated heterocycles. The SMILES string of the molecule is CN(CCn1ccc2ccccc21)C(=O)NCCN1CCOCC1. The van der Waals surface area contributed by atoms with Crippen molar-refractivity contribution < 1.29 is 9.53 Å². The van der Waals surface area contributed by atoms with Crippen molar-refractivity contribution in [2.75, 3.05) is 53.0 Å². The number of hydrogen-bond acceptors (Lipinski definition) is 3. The quantitative estimate of drug-likeness (QED) is 0.875. The lowest BCUT2D eigenvalue weighted by Crippen LogP contribution is -2.44. The lowest BCUT2D eigenvalue weighted by Gasteiger charge is -2.27. The van der Waals surface area contributed by atoms with Gasteiger partial charge in [-0.15, -0.1) is 0 Å². The Kier molecular flexibility index (Phi) is 5.72. The smallest absolute Gasteiger partial charge is 0.317 e. The number of para-hydroxylation sites is 1. The zero-order valence-electron chi connectivity index (χ0n) is 14.3. The Morgan fingerprint density at radius 2 is 2.00 bits per heavy atom. The van der Waals surface area contributed by atoms with E-state index in [9.17, 15) is 4.79 Å². The van der Waals surface area contributed by atoms with Gasteiger partial charge in [-0.1, -0.05) is 18.2 Å². The van der Waals surface area contributed by atoms with Crippen molar-refractivity contribution in [2.45, 2.75) is 6.54 Å². The van der Waals surface area contributed by atoms with Crippen LogP contribution in [0.4, 0.5) is 4.79 Å². The summed E-state index contributed by atoms with van der Waals surface area (Å²) in [6.07, 6.45) is 2.08. The van der Waals surface area contributed by atoms with E-state index in [2.05, 4.69) is 39.2 Å². The first-order valence-corrected chi connectivity index (χ1v) is 8.57. The van der Waals surface area contributed by atoms with Crippen molar-refractivity contribution in [3.63, 3.8) is 0 Å². The summed E-state index contributed by atoms with van der Waals surface area (Å²) in [6.45, 7) is 6.51. The number of carbonyl (C=O) groups excluding carboxylic acids is 1. The van der Waals surface area contributed by atoms with Crippen molar-refractivity contribution in [1.82, 2.24) is 19.7 Å². The van der Waals surface area contributed by atoms with Crippen LogP contribution in [0.2, 0.25) is 0 Å². The lowest BCUT2D eigenvalue weighted by atomic mass is 10.2. The zero-order chi connectivity index (χ0) is 16.8. The molecule has 0 bridgehead atoms. The Labute approximate surface area is 143 Å². The van der Waals surface area contributed by atoms with Crippen LogP contribution in [-0.2, 0) is 11.3 Å². The maximum atomic E-state index is 12.2. The van der Waals surface area contributed by atoms with Crippen molar-refractivity contribution >= 4 is 16.9 Å². The summed E-state index contributed by atoms with van der Waals surface area (Å²) in [7, 11) is 1.84. The molecule has 0 spiro atoms. The molecule has 1 aromatic carbocycles. The Balaban J connectivity index is 1.41. The van der Waals surface area contributed by atoms with E-state index in [1.54, 1.807) is 4.90 Å². The Morgan fingerprint density at radius 3 is 2.83 bits per heavy atom. The van der Waals surface area contributed by atoms with E-state index < -0.39 is 0 Å². The molecule has 0 radical (unpaired) electrons. The number of urea groups is 1. The highest BCUT2D eigenvalue weighted by Crippen LogP contribution is 2.14. The third-order valence-electron chi connectivity index (χ3n) is 4.51. The molecular formula is C18H26N4O2. The van der Waals surface area contributed by atoms with Crippen LogP contribution in [0.25, 0.3) is 10.9 Å². The van der Waals surface area contributed by atoms with Gasteiger partial charge in [0.05, 0.1) is 13.2 Å². The molecule has 0 saturated carbocycles. The number of rotatable bonds is 6. The van der Waals surface area contributed by atoms with Crippen LogP contribution in [0.5, 0.6) is 0 Å². The van der Waals surface area contributed by atoms with Crippen LogP contribution in [0, 0.1) is 0 Å². The minimum absolute atomic E-state index is 0.0141. The number of likely N-dealkylation sites (N-methyl/N-ethyl adjacent to an activating group) is 1. The monoisotopic (exact) mass is 330 g/mol. The van der Waals surface area contributed by atoms with Gasteiger partial charge in [-0.05, 0) is 17.5 Å². The number of nitrogens with one attached hydrogen (secondary N) is 1. The normalized spacial score (nSPS) is 15.5. The van der Waals surface area contributed by atoms with Crippen LogP contribution in [-0.4, -0.2) is 73.4 Å². The van der Waals surface area contributed by atoms with Crippen LogP contribution < -0.4 is 5.32 Å². The van der Waals surface area contributed by atoms with Crippen molar-refractivity contribution in [3.05, 3.63) is 36.5 Å². The average molecular weight is 330 g/mol. The third-order valence-corrected chi connectivity index (χ3v) is 4.51. The van der Waals surface area contributed by atoms with Gasteiger partial charge in [0.1, 0.15) is 0 Å². The Bertz CT molecular complexity index is 664. The molecular weight excluding hydrogens is 304 g/mol. The fraction of sp³-hybridized carbons (Fsp3) is 0.500. The molecule has 1 aliphatic rings. The summed E-state index contributed by atoms with van der Waals surface area (Å²) < 4.78 is 7.51. The number of carbonyl (C=O) groups is 1. The highest BCUT2D eigenvalue weighted by atomic mass is 16.5. The molecule has 24 heavy (non-hydrogen) atoms. The molecule has 1 fully saturated rings. The van der Waals surface area contributed by atoms with Gasteiger partial charge in [-0.25, -0.2) is 4.79 Å². The standard InChI is InChI=1S/C18H26N4O2/c1-20(18(23)19-7-9-21-12-14-24-15-13-21)10-11-22-8-6-16-4-2-3-5-17(16)22/h2-6,8H,7,9-15H2,1H3,(H,19,23). The molecule has 2 heterocycles. The van der Waals surface area contributed by atoms with Gasteiger partial charge in [0, 0.05) is 58.0 Å². The van der Waals surface area contributed by atoms with E-state index in [1.165, 1.54) is 10.9 Å². The van der Waals surface area contributed by atoms with Crippen molar-refractivity contribution in [2.24, 2.45) is 0 Å². The van der Waals surface area contributed by atoms with E-state index in [4.69, 9.17) is 4.74 Å². The van der Waals surface area contributed by atoms with E-state index in [-0.39, 0.29) is 6.03 Å². The van der Waals surface area contributed by atoms with Crippen molar-refractivity contribution in [1.29, 1.82) is 0 Å². The molecule has 1 aliphatic heterocycles. The topological polar surface area (TPSA) is 49.7 Å². The molecule has 0 atom stereocenters. The number of benzene rings is 1. The molecule has 6 heteroatoms. The number of hydrogen-bond donors (Lipinski definition) is 1.